The molecule has 11 heavy (non-hydrogen) atoms. The van der Waals surface area contributed by atoms with E-state index >= 15 is 0 Å². The SMILES string of the molecule is [Cl][Mg][CH2]CCN1CCCCC1. The molecule has 0 spiro atoms. The van der Waals surface area contributed by atoms with Gasteiger partial charge in [-0.3, -0.25) is 0 Å². The molecule has 0 saturated carbocycles. The minimum Gasteiger partial charge on any atom is -0.346 e. The molecule has 1 aliphatic heterocycles. The Morgan fingerprint density at radius 1 is 1.18 bits per heavy atom. The molecule has 1 nitrogen and oxygen atoms in total. The summed E-state index contributed by atoms with van der Waals surface area (Å²) in [4.78, 5) is 2.59. The van der Waals surface area contributed by atoms with Crippen LogP contribution >= 0.6 is 9.07 Å². The fourth-order valence-corrected chi connectivity index (χ4v) is 2.59. The van der Waals surface area contributed by atoms with Crippen molar-refractivity contribution in [1.82, 2.24) is 4.90 Å². The number of piperidine rings is 1. The summed E-state index contributed by atoms with van der Waals surface area (Å²) in [6, 6.07) is 0. The first-order valence-corrected chi connectivity index (χ1v) is 7.85. The quantitative estimate of drug-likeness (QED) is 0.480. The zero-order valence-electron chi connectivity index (χ0n) is 7.19. The van der Waals surface area contributed by atoms with Crippen molar-refractivity contribution >= 4 is 28.3 Å². The van der Waals surface area contributed by atoms with E-state index in [1.807, 2.05) is 0 Å². The van der Waals surface area contributed by atoms with Crippen LogP contribution in [0.4, 0.5) is 0 Å². The fraction of sp³-hybridized carbons (Fsp3) is 1.00. The zero-order chi connectivity index (χ0) is 7.94. The molecule has 0 aromatic carbocycles. The maximum absolute atomic E-state index is 5.74. The van der Waals surface area contributed by atoms with Gasteiger partial charge in [-0.15, -0.1) is 4.55 Å². The van der Waals surface area contributed by atoms with Gasteiger partial charge in [0.25, 0.3) is 0 Å². The second-order valence-corrected chi connectivity index (χ2v) is 5.52. The van der Waals surface area contributed by atoms with Crippen LogP contribution in [0, 0.1) is 0 Å². The topological polar surface area (TPSA) is 3.24 Å². The molecular formula is C8H16ClMgN. The number of hydrogen-bond acceptors (Lipinski definition) is 1. The third kappa shape index (κ3) is 4.56. The van der Waals surface area contributed by atoms with Gasteiger partial charge in [0.1, 0.15) is 0 Å². The van der Waals surface area contributed by atoms with E-state index in [4.69, 9.17) is 9.07 Å². The van der Waals surface area contributed by atoms with Crippen LogP contribution in [0.5, 0.6) is 0 Å². The van der Waals surface area contributed by atoms with Gasteiger partial charge in [0.15, 0.2) is 0 Å². The van der Waals surface area contributed by atoms with E-state index in [1.54, 1.807) is 0 Å². The maximum atomic E-state index is 5.74. The van der Waals surface area contributed by atoms with Gasteiger partial charge >= 0.3 is 19.3 Å². The van der Waals surface area contributed by atoms with Gasteiger partial charge in [-0.2, -0.15) is 0 Å². The summed E-state index contributed by atoms with van der Waals surface area (Å²) in [5.41, 5.74) is 0. The minimum absolute atomic E-state index is 0.187. The lowest BCUT2D eigenvalue weighted by molar-refractivity contribution is 0.229. The third-order valence-corrected chi connectivity index (χ3v) is 3.88. The number of halogens is 1. The highest BCUT2D eigenvalue weighted by Gasteiger charge is 2.08. The molecule has 0 aromatic heterocycles. The molecule has 0 radical (unpaired) electrons. The number of rotatable bonds is 4. The largest absolute Gasteiger partial charge is 0.501 e. The van der Waals surface area contributed by atoms with E-state index < -0.39 is 0 Å². The summed E-state index contributed by atoms with van der Waals surface area (Å²) >= 11 is -0.187. The summed E-state index contributed by atoms with van der Waals surface area (Å²) in [6.45, 7) is 3.98. The van der Waals surface area contributed by atoms with Gasteiger partial charge in [-0.25, -0.2) is 0 Å². The lowest BCUT2D eigenvalue weighted by Crippen LogP contribution is -2.30. The monoisotopic (exact) mass is 185 g/mol. The third-order valence-electron chi connectivity index (χ3n) is 2.31. The minimum atomic E-state index is -0.187. The molecule has 0 bridgehead atoms. The van der Waals surface area contributed by atoms with Crippen molar-refractivity contribution < 1.29 is 0 Å². The summed E-state index contributed by atoms with van der Waals surface area (Å²) < 4.78 is 1.32. The van der Waals surface area contributed by atoms with E-state index in [0.29, 0.717) is 0 Å². The Balaban J connectivity index is 1.96. The average molecular weight is 186 g/mol. The Kier molecular flexibility index (Phi) is 5.99. The van der Waals surface area contributed by atoms with E-state index in [9.17, 15) is 0 Å². The van der Waals surface area contributed by atoms with E-state index in [0.717, 1.165) is 0 Å². The molecule has 62 valence electrons. The molecule has 0 unspecified atom stereocenters. The van der Waals surface area contributed by atoms with Crippen molar-refractivity contribution in [3.05, 3.63) is 0 Å². The molecule has 0 aliphatic carbocycles. The smallest absolute Gasteiger partial charge is 0.346 e. The molecule has 1 aliphatic rings. The summed E-state index contributed by atoms with van der Waals surface area (Å²) in [6.07, 6.45) is 5.62. The van der Waals surface area contributed by atoms with Gasteiger partial charge in [-0.1, -0.05) is 12.8 Å². The van der Waals surface area contributed by atoms with Crippen LogP contribution in [0.25, 0.3) is 0 Å². The van der Waals surface area contributed by atoms with Gasteiger partial charge in [0, 0.05) is 0 Å². The van der Waals surface area contributed by atoms with Gasteiger partial charge in [0.2, 0.25) is 0 Å². The second-order valence-electron chi connectivity index (χ2n) is 3.30. The predicted molar refractivity (Wildman–Crippen MR) is 51.3 cm³/mol. The summed E-state index contributed by atoms with van der Waals surface area (Å²) in [5.74, 6) is 0. The van der Waals surface area contributed by atoms with Crippen molar-refractivity contribution in [3.8, 4) is 0 Å². The Bertz CT molecular complexity index is 94.1. The molecule has 1 saturated heterocycles. The van der Waals surface area contributed by atoms with Crippen molar-refractivity contribution in [2.24, 2.45) is 0 Å². The second kappa shape index (κ2) is 6.52. The van der Waals surface area contributed by atoms with Gasteiger partial charge in [-0.05, 0) is 32.5 Å². The van der Waals surface area contributed by atoms with Crippen molar-refractivity contribution in [3.63, 3.8) is 0 Å². The lowest BCUT2D eigenvalue weighted by Gasteiger charge is -2.26. The van der Waals surface area contributed by atoms with Crippen LogP contribution in [-0.2, 0) is 0 Å². The standard InChI is InChI=1S/C8H16N.ClH.Mg/c1-2-6-9-7-4-3-5-8-9;;/h1-8H2;1H;/q;;+1/p-1. The Labute approximate surface area is 83.0 Å². The lowest BCUT2D eigenvalue weighted by atomic mass is 10.1. The van der Waals surface area contributed by atoms with E-state index in [2.05, 4.69) is 4.90 Å². The highest BCUT2D eigenvalue weighted by Crippen LogP contribution is 2.09. The van der Waals surface area contributed by atoms with Crippen LogP contribution in [0.1, 0.15) is 25.7 Å². The van der Waals surface area contributed by atoms with Crippen LogP contribution in [0.2, 0.25) is 4.55 Å². The molecule has 0 N–H and O–H groups in total. The van der Waals surface area contributed by atoms with Gasteiger partial charge < -0.3 is 14.0 Å². The Morgan fingerprint density at radius 3 is 2.55 bits per heavy atom. The van der Waals surface area contributed by atoms with Crippen molar-refractivity contribution in [2.45, 2.75) is 30.2 Å². The zero-order valence-corrected chi connectivity index (χ0v) is 9.36. The number of nitrogens with zero attached hydrogens (tertiary/aromatic N) is 1. The van der Waals surface area contributed by atoms with Crippen LogP contribution < -0.4 is 0 Å². The van der Waals surface area contributed by atoms with Crippen molar-refractivity contribution in [2.75, 3.05) is 19.6 Å². The number of hydrogen-bond donors (Lipinski definition) is 0. The molecule has 0 atom stereocenters. The molecule has 1 rings (SSSR count). The Hall–Kier alpha value is 1.02. The summed E-state index contributed by atoms with van der Waals surface area (Å²) in [7, 11) is 5.74. The van der Waals surface area contributed by atoms with Gasteiger partial charge in [0.05, 0.1) is 0 Å². The highest BCUT2D eigenvalue weighted by atomic mass is 35.5. The van der Waals surface area contributed by atoms with Crippen molar-refractivity contribution in [1.29, 1.82) is 0 Å². The van der Waals surface area contributed by atoms with E-state index in [-0.39, 0.29) is 19.3 Å². The van der Waals surface area contributed by atoms with Crippen LogP contribution in [0.15, 0.2) is 0 Å². The van der Waals surface area contributed by atoms with E-state index in [1.165, 1.54) is 49.9 Å². The normalized spacial score (nSPS) is 19.7. The Morgan fingerprint density at radius 2 is 1.91 bits per heavy atom. The first kappa shape index (κ1) is 10.1. The molecule has 0 amide bonds. The van der Waals surface area contributed by atoms with Crippen LogP contribution in [-0.4, -0.2) is 43.8 Å². The first-order chi connectivity index (χ1) is 5.43. The molecular weight excluding hydrogens is 170 g/mol. The molecule has 1 heterocycles. The average Bonchev–Trinajstić information content (AvgIpc) is 2.07. The number of likely N-dealkylation sites (tertiary alicyclic amines) is 1. The van der Waals surface area contributed by atoms with Crippen LogP contribution in [0.3, 0.4) is 0 Å². The first-order valence-electron chi connectivity index (χ1n) is 4.72. The molecule has 1 fully saturated rings. The highest BCUT2D eigenvalue weighted by molar-refractivity contribution is 6.93. The summed E-state index contributed by atoms with van der Waals surface area (Å²) in [5, 5.41) is 0. The molecule has 0 aromatic rings. The predicted octanol–water partition coefficient (Wildman–Crippen LogP) is 2.14. The maximum Gasteiger partial charge on any atom is 0.501 e. The molecule has 3 heteroatoms. The fourth-order valence-electron chi connectivity index (χ4n) is 1.61.